The van der Waals surface area contributed by atoms with Crippen molar-refractivity contribution in [3.05, 3.63) is 46.8 Å². The van der Waals surface area contributed by atoms with Crippen molar-refractivity contribution in [3.8, 4) is 0 Å². The maximum absolute atomic E-state index is 12.7. The van der Waals surface area contributed by atoms with Gasteiger partial charge in [0.05, 0.1) is 16.8 Å². The molecular weight excluding hydrogens is 288 g/mol. The van der Waals surface area contributed by atoms with Crippen LogP contribution in [0.3, 0.4) is 0 Å². The highest BCUT2D eigenvalue weighted by Gasteiger charge is 2.23. The largest absolute Gasteiger partial charge is 0.325 e. The Bertz CT molecular complexity index is 862. The molecule has 21 heavy (non-hydrogen) atoms. The Balaban J connectivity index is 2.12. The zero-order valence-corrected chi connectivity index (χ0v) is 12.5. The lowest BCUT2D eigenvalue weighted by molar-refractivity contribution is 0.592. The predicted octanol–water partition coefficient (Wildman–Crippen LogP) is 1.69. The van der Waals surface area contributed by atoms with E-state index in [-0.39, 0.29) is 6.54 Å². The third-order valence-electron chi connectivity index (χ3n) is 3.52. The van der Waals surface area contributed by atoms with E-state index in [0.717, 1.165) is 6.42 Å². The van der Waals surface area contributed by atoms with Gasteiger partial charge in [-0.3, -0.25) is 0 Å². The van der Waals surface area contributed by atoms with Crippen LogP contribution in [0.25, 0.3) is 11.2 Å². The van der Waals surface area contributed by atoms with E-state index in [0.29, 0.717) is 28.2 Å². The normalized spacial score (nSPS) is 15.9. The number of rotatable bonds is 3. The molecular formula is C14H16N4O2S. The fourth-order valence-corrected chi connectivity index (χ4v) is 3.72. The monoisotopic (exact) mass is 304 g/mol. The molecule has 110 valence electrons. The van der Waals surface area contributed by atoms with Gasteiger partial charge in [-0.05, 0) is 31.9 Å². The molecule has 2 N–H and O–H groups in total. The lowest BCUT2D eigenvalue weighted by Gasteiger charge is -2.14. The first-order chi connectivity index (χ1) is 10.0. The predicted molar refractivity (Wildman–Crippen MR) is 80.8 cm³/mol. The zero-order chi connectivity index (χ0) is 15.0. The lowest BCUT2D eigenvalue weighted by Crippen LogP contribution is -2.16. The molecule has 2 aromatic rings. The van der Waals surface area contributed by atoms with Gasteiger partial charge in [-0.25, -0.2) is 22.4 Å². The molecule has 1 aliphatic carbocycles. The van der Waals surface area contributed by atoms with Crippen molar-refractivity contribution < 1.29 is 8.42 Å². The second-order valence-electron chi connectivity index (χ2n) is 5.04. The Hall–Kier alpha value is -1.99. The highest BCUT2D eigenvalue weighted by Crippen LogP contribution is 2.26. The fraction of sp³-hybridized carbons (Fsp3) is 0.286. The second kappa shape index (κ2) is 5.09. The summed E-state index contributed by atoms with van der Waals surface area (Å²) in [7, 11) is -3.59. The highest BCUT2D eigenvalue weighted by molar-refractivity contribution is 7.93. The van der Waals surface area contributed by atoms with Gasteiger partial charge < -0.3 is 5.73 Å². The average molecular weight is 304 g/mol. The van der Waals surface area contributed by atoms with E-state index in [4.69, 9.17) is 5.73 Å². The van der Waals surface area contributed by atoms with E-state index in [1.54, 1.807) is 12.1 Å². The van der Waals surface area contributed by atoms with Crippen LogP contribution in [0, 0.1) is 0 Å². The van der Waals surface area contributed by atoms with Crippen LogP contribution < -0.4 is 5.73 Å². The third-order valence-corrected chi connectivity index (χ3v) is 5.34. The summed E-state index contributed by atoms with van der Waals surface area (Å²) in [5.41, 5.74) is 8.20. The van der Waals surface area contributed by atoms with Crippen molar-refractivity contribution in [1.29, 1.82) is 0 Å². The van der Waals surface area contributed by atoms with Crippen molar-refractivity contribution in [3.63, 3.8) is 0 Å². The molecule has 2 heterocycles. The van der Waals surface area contributed by atoms with Gasteiger partial charge in [0.25, 0.3) is 10.0 Å². The van der Waals surface area contributed by atoms with Crippen molar-refractivity contribution in [2.24, 2.45) is 5.73 Å². The maximum Gasteiger partial charge on any atom is 0.265 e. The third kappa shape index (κ3) is 2.38. The van der Waals surface area contributed by atoms with E-state index in [2.05, 4.69) is 9.97 Å². The number of hydrogen-bond acceptors (Lipinski definition) is 5. The minimum atomic E-state index is -3.59. The molecule has 0 bridgehead atoms. The van der Waals surface area contributed by atoms with E-state index in [1.807, 2.05) is 13.0 Å². The number of nitrogens with zero attached hydrogens (tertiary/aromatic N) is 3. The van der Waals surface area contributed by atoms with Gasteiger partial charge >= 0.3 is 0 Å². The summed E-state index contributed by atoms with van der Waals surface area (Å²) in [5, 5.41) is 0. The minimum absolute atomic E-state index is 0.274. The first-order valence-corrected chi connectivity index (χ1v) is 8.11. The molecule has 0 spiro atoms. The zero-order valence-electron chi connectivity index (χ0n) is 11.7. The SMILES string of the molecule is CC1=CC=C(S(=O)(=O)n2ccc3nc(CN)cnc32)CC1. The van der Waals surface area contributed by atoms with E-state index in [9.17, 15) is 8.42 Å². The van der Waals surface area contributed by atoms with Gasteiger partial charge in [-0.1, -0.05) is 11.6 Å². The maximum atomic E-state index is 12.7. The lowest BCUT2D eigenvalue weighted by atomic mass is 10.1. The van der Waals surface area contributed by atoms with Crippen LogP contribution >= 0.6 is 0 Å². The van der Waals surface area contributed by atoms with Crippen molar-refractivity contribution >= 4 is 21.2 Å². The van der Waals surface area contributed by atoms with Crippen LogP contribution in [0.5, 0.6) is 0 Å². The summed E-state index contributed by atoms with van der Waals surface area (Å²) in [6, 6.07) is 1.64. The summed E-state index contributed by atoms with van der Waals surface area (Å²) in [6.45, 7) is 2.26. The van der Waals surface area contributed by atoms with Crippen LogP contribution in [0.2, 0.25) is 0 Å². The van der Waals surface area contributed by atoms with Crippen LogP contribution in [0.1, 0.15) is 25.5 Å². The Kier molecular flexibility index (Phi) is 3.38. The second-order valence-corrected chi connectivity index (χ2v) is 6.90. The summed E-state index contributed by atoms with van der Waals surface area (Å²) in [6.07, 6.45) is 7.79. The van der Waals surface area contributed by atoms with Gasteiger partial charge in [0.2, 0.25) is 0 Å². The molecule has 0 unspecified atom stereocenters. The molecule has 0 saturated carbocycles. The van der Waals surface area contributed by atoms with Gasteiger partial charge in [0.1, 0.15) is 5.52 Å². The topological polar surface area (TPSA) is 90.9 Å². The van der Waals surface area contributed by atoms with E-state index in [1.165, 1.54) is 21.9 Å². The summed E-state index contributed by atoms with van der Waals surface area (Å²) in [4.78, 5) is 8.87. The van der Waals surface area contributed by atoms with E-state index >= 15 is 0 Å². The Morgan fingerprint density at radius 1 is 1.33 bits per heavy atom. The number of hydrogen-bond donors (Lipinski definition) is 1. The molecule has 0 aromatic carbocycles. The Morgan fingerprint density at radius 3 is 2.81 bits per heavy atom. The molecule has 2 aromatic heterocycles. The van der Waals surface area contributed by atoms with Gasteiger partial charge in [-0.15, -0.1) is 0 Å². The van der Waals surface area contributed by atoms with Crippen LogP contribution in [-0.4, -0.2) is 22.4 Å². The minimum Gasteiger partial charge on any atom is -0.325 e. The Morgan fingerprint density at radius 2 is 2.14 bits per heavy atom. The van der Waals surface area contributed by atoms with Gasteiger partial charge in [0, 0.05) is 12.7 Å². The van der Waals surface area contributed by atoms with Crippen molar-refractivity contribution in [2.45, 2.75) is 26.3 Å². The quantitative estimate of drug-likeness (QED) is 0.931. The molecule has 3 rings (SSSR count). The van der Waals surface area contributed by atoms with Gasteiger partial charge in [-0.2, -0.15) is 0 Å². The highest BCUT2D eigenvalue weighted by atomic mass is 32.2. The van der Waals surface area contributed by atoms with Crippen molar-refractivity contribution in [2.75, 3.05) is 0 Å². The van der Waals surface area contributed by atoms with E-state index < -0.39 is 10.0 Å². The van der Waals surface area contributed by atoms with Crippen LogP contribution in [0.15, 0.2) is 41.1 Å². The average Bonchev–Trinajstić information content (AvgIpc) is 2.91. The molecule has 0 radical (unpaired) electrons. The number of fused-ring (bicyclic) bond motifs is 1. The number of nitrogens with two attached hydrogens (primary N) is 1. The first-order valence-electron chi connectivity index (χ1n) is 6.67. The first kappa shape index (κ1) is 14.0. The molecule has 0 atom stereocenters. The summed E-state index contributed by atoms with van der Waals surface area (Å²) in [5.74, 6) is 0. The smallest absolute Gasteiger partial charge is 0.265 e. The van der Waals surface area contributed by atoms with Crippen LogP contribution in [0.4, 0.5) is 0 Å². The van der Waals surface area contributed by atoms with Gasteiger partial charge in [0.15, 0.2) is 5.65 Å². The molecule has 0 fully saturated rings. The fourth-order valence-electron chi connectivity index (χ4n) is 2.28. The molecule has 6 nitrogen and oxygen atoms in total. The Labute approximate surface area is 123 Å². The number of aromatic nitrogens is 3. The van der Waals surface area contributed by atoms with Crippen LogP contribution in [-0.2, 0) is 16.6 Å². The number of allylic oxidation sites excluding steroid dienone is 4. The standard InChI is InChI=1S/C14H16N4O2S/c1-10-2-4-12(5-3-10)21(19,20)18-7-6-13-14(18)16-9-11(8-15)17-13/h2,4,6-7,9H,3,5,8,15H2,1H3. The van der Waals surface area contributed by atoms with Crippen molar-refractivity contribution in [1.82, 2.24) is 13.9 Å². The molecule has 0 saturated heterocycles. The summed E-state index contributed by atoms with van der Waals surface area (Å²) < 4.78 is 26.6. The molecule has 0 amide bonds. The summed E-state index contributed by atoms with van der Waals surface area (Å²) >= 11 is 0. The molecule has 1 aliphatic rings. The molecule has 0 aliphatic heterocycles. The molecule has 7 heteroatoms.